The van der Waals surface area contributed by atoms with Gasteiger partial charge >= 0.3 is 0 Å². The molecule has 0 saturated carbocycles. The van der Waals surface area contributed by atoms with Gasteiger partial charge in [0.25, 0.3) is 0 Å². The number of hydrogen-bond acceptors (Lipinski definition) is 4. The predicted molar refractivity (Wildman–Crippen MR) is 82.5 cm³/mol. The molecule has 0 aliphatic carbocycles. The van der Waals surface area contributed by atoms with Crippen LogP contribution in [0, 0.1) is 11.3 Å². The molecule has 0 aliphatic heterocycles. The van der Waals surface area contributed by atoms with Crippen LogP contribution in [0.5, 0.6) is 0 Å². The van der Waals surface area contributed by atoms with E-state index in [0.29, 0.717) is 0 Å². The fourth-order valence-corrected chi connectivity index (χ4v) is 3.08. The van der Waals surface area contributed by atoms with Crippen molar-refractivity contribution in [3.8, 4) is 16.8 Å². The molecule has 20 heavy (non-hydrogen) atoms. The average molecular weight is 288 g/mol. The number of rotatable bonds is 7. The Balaban J connectivity index is 1.99. The van der Waals surface area contributed by atoms with Crippen LogP contribution in [0.2, 0.25) is 0 Å². The molecule has 0 saturated heterocycles. The minimum Gasteiger partial charge on any atom is -0.330 e. The SMILES string of the molecule is CCC(C#N)(CCCn1ccnc1-c1cccs1)NC. The molecule has 1 N–H and O–H groups in total. The number of thiophene rings is 1. The van der Waals surface area contributed by atoms with Crippen LogP contribution in [0.1, 0.15) is 26.2 Å². The lowest BCUT2D eigenvalue weighted by molar-refractivity contribution is 0.381. The zero-order valence-corrected chi connectivity index (χ0v) is 12.8. The van der Waals surface area contributed by atoms with Gasteiger partial charge in [0.05, 0.1) is 10.9 Å². The second-order valence-corrected chi connectivity index (χ2v) is 5.77. The third-order valence-electron chi connectivity index (χ3n) is 3.76. The van der Waals surface area contributed by atoms with Gasteiger partial charge in [-0.15, -0.1) is 11.3 Å². The third kappa shape index (κ3) is 3.09. The Hall–Kier alpha value is -1.64. The molecule has 0 spiro atoms. The summed E-state index contributed by atoms with van der Waals surface area (Å²) >= 11 is 1.70. The summed E-state index contributed by atoms with van der Waals surface area (Å²) in [4.78, 5) is 5.61. The quantitative estimate of drug-likeness (QED) is 0.850. The average Bonchev–Trinajstić information content (AvgIpc) is 3.14. The first-order chi connectivity index (χ1) is 9.74. The van der Waals surface area contributed by atoms with E-state index in [1.54, 1.807) is 11.3 Å². The molecule has 2 heterocycles. The summed E-state index contributed by atoms with van der Waals surface area (Å²) in [5, 5.41) is 14.5. The molecule has 0 radical (unpaired) electrons. The van der Waals surface area contributed by atoms with Gasteiger partial charge in [-0.05, 0) is 37.8 Å². The molecule has 0 bridgehead atoms. The number of imidazole rings is 1. The van der Waals surface area contributed by atoms with E-state index < -0.39 is 5.54 Å². The van der Waals surface area contributed by atoms with E-state index in [2.05, 4.69) is 32.4 Å². The van der Waals surface area contributed by atoms with E-state index in [1.807, 2.05) is 32.4 Å². The van der Waals surface area contributed by atoms with Crippen molar-refractivity contribution in [1.29, 1.82) is 5.26 Å². The van der Waals surface area contributed by atoms with Crippen LogP contribution in [0.3, 0.4) is 0 Å². The highest BCUT2D eigenvalue weighted by Gasteiger charge is 2.24. The Morgan fingerprint density at radius 2 is 2.40 bits per heavy atom. The lowest BCUT2D eigenvalue weighted by atomic mass is 9.92. The minimum absolute atomic E-state index is 0.399. The van der Waals surface area contributed by atoms with E-state index in [-0.39, 0.29) is 0 Å². The summed E-state index contributed by atoms with van der Waals surface area (Å²) in [6, 6.07) is 6.53. The van der Waals surface area contributed by atoms with Gasteiger partial charge in [0.1, 0.15) is 11.4 Å². The van der Waals surface area contributed by atoms with Crippen LogP contribution in [0.4, 0.5) is 0 Å². The number of aromatic nitrogens is 2. The van der Waals surface area contributed by atoms with Gasteiger partial charge in [-0.2, -0.15) is 5.26 Å². The maximum absolute atomic E-state index is 9.31. The van der Waals surface area contributed by atoms with Crippen molar-refractivity contribution in [2.45, 2.75) is 38.3 Å². The zero-order valence-electron chi connectivity index (χ0n) is 12.0. The summed E-state index contributed by atoms with van der Waals surface area (Å²) < 4.78 is 2.17. The number of nitrogens with one attached hydrogen (secondary N) is 1. The Labute approximate surface area is 124 Å². The first-order valence-electron chi connectivity index (χ1n) is 6.90. The Morgan fingerprint density at radius 3 is 3.00 bits per heavy atom. The van der Waals surface area contributed by atoms with Crippen LogP contribution < -0.4 is 5.32 Å². The topological polar surface area (TPSA) is 53.6 Å². The maximum Gasteiger partial charge on any atom is 0.149 e. The third-order valence-corrected chi connectivity index (χ3v) is 4.62. The van der Waals surface area contributed by atoms with Crippen molar-refractivity contribution < 1.29 is 0 Å². The molecule has 2 aromatic heterocycles. The van der Waals surface area contributed by atoms with Crippen molar-refractivity contribution in [3.05, 3.63) is 29.9 Å². The second-order valence-electron chi connectivity index (χ2n) is 4.82. The van der Waals surface area contributed by atoms with E-state index in [0.717, 1.165) is 31.6 Å². The zero-order chi connectivity index (χ0) is 14.4. The Morgan fingerprint density at radius 1 is 1.55 bits per heavy atom. The molecule has 0 amide bonds. The monoisotopic (exact) mass is 288 g/mol. The summed E-state index contributed by atoms with van der Waals surface area (Å²) in [5.74, 6) is 1.02. The van der Waals surface area contributed by atoms with Gasteiger partial charge in [-0.25, -0.2) is 4.98 Å². The van der Waals surface area contributed by atoms with Crippen LogP contribution in [0.25, 0.3) is 10.7 Å². The molecule has 0 aliphatic rings. The lowest BCUT2D eigenvalue weighted by Gasteiger charge is -2.24. The number of hydrogen-bond donors (Lipinski definition) is 1. The van der Waals surface area contributed by atoms with E-state index >= 15 is 0 Å². The van der Waals surface area contributed by atoms with Gasteiger partial charge in [0.15, 0.2) is 0 Å². The van der Waals surface area contributed by atoms with Crippen molar-refractivity contribution in [2.24, 2.45) is 0 Å². The summed E-state index contributed by atoms with van der Waals surface area (Å²) in [6.07, 6.45) is 6.47. The van der Waals surface area contributed by atoms with Gasteiger partial charge < -0.3 is 9.88 Å². The highest BCUT2D eigenvalue weighted by Crippen LogP contribution is 2.24. The summed E-state index contributed by atoms with van der Waals surface area (Å²) in [5.41, 5.74) is -0.399. The van der Waals surface area contributed by atoms with E-state index in [1.165, 1.54) is 4.88 Å². The molecule has 106 valence electrons. The second kappa shape index (κ2) is 6.69. The Bertz CT molecular complexity index is 561. The van der Waals surface area contributed by atoms with Gasteiger partial charge in [0.2, 0.25) is 0 Å². The molecule has 0 aromatic carbocycles. The van der Waals surface area contributed by atoms with Crippen molar-refractivity contribution in [1.82, 2.24) is 14.9 Å². The normalized spacial score (nSPS) is 13.8. The number of nitriles is 1. The molecule has 2 rings (SSSR count). The van der Waals surface area contributed by atoms with Gasteiger partial charge in [-0.3, -0.25) is 0 Å². The molecule has 1 atom stereocenters. The van der Waals surface area contributed by atoms with Crippen LogP contribution in [-0.4, -0.2) is 22.1 Å². The van der Waals surface area contributed by atoms with E-state index in [4.69, 9.17) is 0 Å². The van der Waals surface area contributed by atoms with Crippen molar-refractivity contribution in [3.63, 3.8) is 0 Å². The van der Waals surface area contributed by atoms with Gasteiger partial charge in [-0.1, -0.05) is 13.0 Å². The largest absolute Gasteiger partial charge is 0.330 e. The van der Waals surface area contributed by atoms with Crippen LogP contribution >= 0.6 is 11.3 Å². The number of aryl methyl sites for hydroxylation is 1. The highest BCUT2D eigenvalue weighted by atomic mass is 32.1. The smallest absolute Gasteiger partial charge is 0.149 e. The molecular weight excluding hydrogens is 268 g/mol. The van der Waals surface area contributed by atoms with Gasteiger partial charge in [0, 0.05) is 18.9 Å². The predicted octanol–water partition coefficient (Wildman–Crippen LogP) is 3.28. The molecule has 0 fully saturated rings. The standard InChI is InChI=1S/C15H20N4S/c1-3-15(12-16,17-2)7-5-9-19-10-8-18-14(19)13-6-4-11-20-13/h4,6,8,10-11,17H,3,5,7,9H2,1-2H3. The molecule has 1 unspecified atom stereocenters. The molecular formula is C15H20N4S. The fourth-order valence-electron chi connectivity index (χ4n) is 2.34. The molecule has 4 nitrogen and oxygen atoms in total. The first-order valence-corrected chi connectivity index (χ1v) is 7.78. The number of nitrogens with zero attached hydrogens (tertiary/aromatic N) is 3. The summed E-state index contributed by atoms with van der Waals surface area (Å²) in [6.45, 7) is 2.94. The molecule has 2 aromatic rings. The lowest BCUT2D eigenvalue weighted by Crippen LogP contribution is -2.40. The Kier molecular flexibility index (Phi) is 4.94. The van der Waals surface area contributed by atoms with Crippen molar-refractivity contribution in [2.75, 3.05) is 7.05 Å². The first kappa shape index (κ1) is 14.8. The molecule has 5 heteroatoms. The minimum atomic E-state index is -0.399. The van der Waals surface area contributed by atoms with Crippen LogP contribution in [-0.2, 0) is 6.54 Å². The van der Waals surface area contributed by atoms with Crippen LogP contribution in [0.15, 0.2) is 29.9 Å². The van der Waals surface area contributed by atoms with E-state index in [9.17, 15) is 5.26 Å². The summed E-state index contributed by atoms with van der Waals surface area (Å²) in [7, 11) is 1.86. The van der Waals surface area contributed by atoms with Crippen molar-refractivity contribution >= 4 is 11.3 Å². The highest BCUT2D eigenvalue weighted by molar-refractivity contribution is 7.13. The maximum atomic E-state index is 9.31. The fraction of sp³-hybridized carbons (Fsp3) is 0.467.